The van der Waals surface area contributed by atoms with Crippen molar-refractivity contribution in [2.45, 2.75) is 39.2 Å². The molecule has 140 valence electrons. The van der Waals surface area contributed by atoms with Crippen molar-refractivity contribution in [2.75, 3.05) is 11.9 Å². The van der Waals surface area contributed by atoms with Gasteiger partial charge in [0, 0.05) is 18.0 Å². The lowest BCUT2D eigenvalue weighted by Gasteiger charge is -2.10. The minimum absolute atomic E-state index is 0. The minimum Gasteiger partial charge on any atom is -0.477 e. The molecule has 0 radical (unpaired) electrons. The fraction of sp³-hybridized carbons (Fsp3) is 0.400. The molecular weight excluding hydrogens is 439 g/mol. The van der Waals surface area contributed by atoms with Gasteiger partial charge in [0.15, 0.2) is 5.96 Å². The maximum absolute atomic E-state index is 6.02. The van der Waals surface area contributed by atoms with Crippen molar-refractivity contribution in [3.05, 3.63) is 53.7 Å². The summed E-state index contributed by atoms with van der Waals surface area (Å²) in [6, 6.07) is 12.1. The van der Waals surface area contributed by atoms with Crippen LogP contribution in [0.5, 0.6) is 5.88 Å². The van der Waals surface area contributed by atoms with Crippen molar-refractivity contribution < 1.29 is 4.74 Å². The lowest BCUT2D eigenvalue weighted by atomic mass is 10.0. The second-order valence-electron chi connectivity index (χ2n) is 6.86. The van der Waals surface area contributed by atoms with E-state index in [2.05, 4.69) is 41.3 Å². The monoisotopic (exact) mass is 466 g/mol. The summed E-state index contributed by atoms with van der Waals surface area (Å²) in [6.45, 7) is 5.59. The van der Waals surface area contributed by atoms with Crippen LogP contribution in [-0.2, 0) is 6.54 Å². The highest BCUT2D eigenvalue weighted by Gasteiger charge is 2.22. The zero-order valence-electron chi connectivity index (χ0n) is 15.3. The topological polar surface area (TPSA) is 72.5 Å². The molecule has 0 saturated heterocycles. The number of benzene rings is 1. The Labute approximate surface area is 172 Å². The highest BCUT2D eigenvalue weighted by molar-refractivity contribution is 14.0. The van der Waals surface area contributed by atoms with E-state index in [1.165, 1.54) is 18.4 Å². The molecule has 1 fully saturated rings. The van der Waals surface area contributed by atoms with Gasteiger partial charge in [0.1, 0.15) is 0 Å². The second kappa shape index (κ2) is 9.75. The number of halogens is 1. The van der Waals surface area contributed by atoms with Crippen LogP contribution >= 0.6 is 24.0 Å². The Kier molecular flexibility index (Phi) is 7.68. The van der Waals surface area contributed by atoms with Crippen molar-refractivity contribution in [2.24, 2.45) is 16.6 Å². The first kappa shape index (κ1) is 20.5. The van der Waals surface area contributed by atoms with Gasteiger partial charge in [-0.2, -0.15) is 0 Å². The zero-order chi connectivity index (χ0) is 17.6. The highest BCUT2D eigenvalue weighted by atomic mass is 127. The molecule has 1 aliphatic carbocycles. The van der Waals surface area contributed by atoms with Crippen LogP contribution in [0, 0.1) is 5.92 Å². The van der Waals surface area contributed by atoms with Gasteiger partial charge in [0.25, 0.3) is 0 Å². The summed E-state index contributed by atoms with van der Waals surface area (Å²) < 4.78 is 5.70. The Morgan fingerprint density at radius 3 is 2.85 bits per heavy atom. The Morgan fingerprint density at radius 1 is 1.31 bits per heavy atom. The van der Waals surface area contributed by atoms with Gasteiger partial charge < -0.3 is 15.8 Å². The maximum Gasteiger partial charge on any atom is 0.213 e. The van der Waals surface area contributed by atoms with Crippen molar-refractivity contribution in [1.82, 2.24) is 4.98 Å². The number of aliphatic imine (C=N–C) groups is 1. The van der Waals surface area contributed by atoms with E-state index in [0.717, 1.165) is 17.9 Å². The Bertz CT molecular complexity index is 744. The van der Waals surface area contributed by atoms with Crippen LogP contribution in [0.1, 0.15) is 43.7 Å². The van der Waals surface area contributed by atoms with Gasteiger partial charge in [0.05, 0.1) is 13.2 Å². The van der Waals surface area contributed by atoms with Crippen LogP contribution in [0.3, 0.4) is 0 Å². The lowest BCUT2D eigenvalue weighted by Crippen LogP contribution is -2.22. The average molecular weight is 466 g/mol. The van der Waals surface area contributed by atoms with E-state index in [4.69, 9.17) is 10.5 Å². The molecule has 3 rings (SSSR count). The number of anilines is 1. The Hall–Kier alpha value is -1.83. The standard InChI is InChI=1S/C20H26N4O.HI/c1-14(2)17-4-3-5-18(11-17)24-20(21)23-12-16-8-9-22-19(10-16)25-13-15-6-7-15;/h3-5,8-11,14-15H,6-7,12-13H2,1-2H3,(H3,21,23,24);1H. The average Bonchev–Trinajstić information content (AvgIpc) is 3.43. The third kappa shape index (κ3) is 6.48. The molecule has 1 aromatic carbocycles. The SMILES string of the molecule is CC(C)c1cccc(NC(N)=NCc2ccnc(OCC3CC3)c2)c1.I. The van der Waals surface area contributed by atoms with Crippen LogP contribution in [-0.4, -0.2) is 17.6 Å². The predicted octanol–water partition coefficient (Wildman–Crippen LogP) is 4.54. The first-order chi connectivity index (χ1) is 12.1. The number of pyridine rings is 1. The quantitative estimate of drug-likeness (QED) is 0.357. The number of nitrogens with zero attached hydrogens (tertiary/aromatic N) is 2. The largest absolute Gasteiger partial charge is 0.477 e. The van der Waals surface area contributed by atoms with E-state index in [9.17, 15) is 0 Å². The molecule has 0 unspecified atom stereocenters. The molecule has 3 N–H and O–H groups in total. The van der Waals surface area contributed by atoms with Gasteiger partial charge in [-0.05, 0) is 54.0 Å². The first-order valence-electron chi connectivity index (χ1n) is 8.85. The molecule has 1 heterocycles. The van der Waals surface area contributed by atoms with Crippen LogP contribution < -0.4 is 15.8 Å². The van der Waals surface area contributed by atoms with Gasteiger partial charge in [-0.25, -0.2) is 9.98 Å². The minimum atomic E-state index is 0. The molecule has 0 amide bonds. The van der Waals surface area contributed by atoms with E-state index in [-0.39, 0.29) is 24.0 Å². The predicted molar refractivity (Wildman–Crippen MR) is 117 cm³/mol. The van der Waals surface area contributed by atoms with E-state index < -0.39 is 0 Å². The van der Waals surface area contributed by atoms with E-state index in [1.807, 2.05) is 24.3 Å². The fourth-order valence-electron chi connectivity index (χ4n) is 2.45. The van der Waals surface area contributed by atoms with Gasteiger partial charge in [-0.15, -0.1) is 24.0 Å². The molecule has 2 aromatic rings. The molecule has 1 aromatic heterocycles. The molecule has 1 saturated carbocycles. The van der Waals surface area contributed by atoms with Gasteiger partial charge in [-0.1, -0.05) is 26.0 Å². The number of hydrogen-bond acceptors (Lipinski definition) is 3. The summed E-state index contributed by atoms with van der Waals surface area (Å²) >= 11 is 0. The van der Waals surface area contributed by atoms with Crippen molar-refractivity contribution in [1.29, 1.82) is 0 Å². The van der Waals surface area contributed by atoms with E-state index in [0.29, 0.717) is 30.2 Å². The molecule has 0 bridgehead atoms. The summed E-state index contributed by atoms with van der Waals surface area (Å²) in [5.41, 5.74) is 9.27. The smallest absolute Gasteiger partial charge is 0.213 e. The third-order valence-corrected chi connectivity index (χ3v) is 4.22. The van der Waals surface area contributed by atoms with Gasteiger partial charge >= 0.3 is 0 Å². The summed E-state index contributed by atoms with van der Waals surface area (Å²) in [4.78, 5) is 8.66. The molecule has 1 aliphatic rings. The van der Waals surface area contributed by atoms with Gasteiger partial charge in [-0.3, -0.25) is 0 Å². The number of guanidine groups is 1. The number of aromatic nitrogens is 1. The Morgan fingerprint density at radius 2 is 2.12 bits per heavy atom. The number of rotatable bonds is 7. The highest BCUT2D eigenvalue weighted by Crippen LogP contribution is 2.29. The first-order valence-corrected chi connectivity index (χ1v) is 8.85. The fourth-order valence-corrected chi connectivity index (χ4v) is 2.45. The molecule has 0 spiro atoms. The van der Waals surface area contributed by atoms with Crippen molar-refractivity contribution in [3.8, 4) is 5.88 Å². The Balaban J connectivity index is 0.00000243. The second-order valence-corrected chi connectivity index (χ2v) is 6.86. The van der Waals surface area contributed by atoms with Gasteiger partial charge in [0.2, 0.25) is 5.88 Å². The number of ether oxygens (including phenoxy) is 1. The molecule has 0 atom stereocenters. The summed E-state index contributed by atoms with van der Waals surface area (Å²) in [5.74, 6) is 2.25. The van der Waals surface area contributed by atoms with Crippen LogP contribution in [0.15, 0.2) is 47.6 Å². The molecule has 0 aliphatic heterocycles. The van der Waals surface area contributed by atoms with Crippen LogP contribution in [0.25, 0.3) is 0 Å². The zero-order valence-corrected chi connectivity index (χ0v) is 17.6. The number of nitrogens with two attached hydrogens (primary N) is 1. The lowest BCUT2D eigenvalue weighted by molar-refractivity contribution is 0.288. The van der Waals surface area contributed by atoms with Crippen molar-refractivity contribution >= 4 is 35.6 Å². The molecule has 5 nitrogen and oxygen atoms in total. The van der Waals surface area contributed by atoms with Crippen molar-refractivity contribution in [3.63, 3.8) is 0 Å². The summed E-state index contributed by atoms with van der Waals surface area (Å²) in [5, 5.41) is 3.15. The summed E-state index contributed by atoms with van der Waals surface area (Å²) in [6.07, 6.45) is 4.29. The molecule has 26 heavy (non-hydrogen) atoms. The maximum atomic E-state index is 6.02. The van der Waals surface area contributed by atoms with Crippen LogP contribution in [0.2, 0.25) is 0 Å². The normalized spacial score (nSPS) is 14.0. The summed E-state index contributed by atoms with van der Waals surface area (Å²) in [7, 11) is 0. The number of hydrogen-bond donors (Lipinski definition) is 2. The molecule has 6 heteroatoms. The molecular formula is C20H27IN4O. The number of nitrogens with one attached hydrogen (secondary N) is 1. The third-order valence-electron chi connectivity index (χ3n) is 4.22. The van der Waals surface area contributed by atoms with E-state index >= 15 is 0 Å². The van der Waals surface area contributed by atoms with E-state index in [1.54, 1.807) is 6.20 Å². The van der Waals surface area contributed by atoms with Crippen LogP contribution in [0.4, 0.5) is 5.69 Å².